The summed E-state index contributed by atoms with van der Waals surface area (Å²) in [5.41, 5.74) is 0. The van der Waals surface area contributed by atoms with Crippen molar-refractivity contribution in [1.29, 1.82) is 0 Å². The fraction of sp³-hybridized carbons (Fsp3) is 0.400. The van der Waals surface area contributed by atoms with E-state index in [1.807, 2.05) is 0 Å². The summed E-state index contributed by atoms with van der Waals surface area (Å²) in [6, 6.07) is 0. The van der Waals surface area contributed by atoms with Gasteiger partial charge in [-0.25, -0.2) is 0 Å². The third-order valence-corrected chi connectivity index (χ3v) is 0.561. The molecule has 0 fully saturated rings. The molecular weight excluding hydrogens is 114 g/mol. The molecule has 0 saturated carbocycles. The van der Waals surface area contributed by atoms with E-state index in [9.17, 15) is 8.78 Å². The van der Waals surface area contributed by atoms with Crippen LogP contribution in [0.1, 0.15) is 6.42 Å². The van der Waals surface area contributed by atoms with Gasteiger partial charge in [0.25, 0.3) is 6.08 Å². The van der Waals surface area contributed by atoms with Crippen LogP contribution in [-0.4, -0.2) is 6.61 Å². The molecule has 47 valence electrons. The van der Waals surface area contributed by atoms with Crippen LogP contribution in [0.2, 0.25) is 0 Å². The van der Waals surface area contributed by atoms with Gasteiger partial charge in [-0.1, -0.05) is 0 Å². The van der Waals surface area contributed by atoms with Crippen LogP contribution in [0.5, 0.6) is 0 Å². The minimum Gasteiger partial charge on any atom is -0.379 e. The fourth-order valence-electron chi connectivity index (χ4n) is 0.251. The Kier molecular flexibility index (Phi) is 4.45. The van der Waals surface area contributed by atoms with E-state index in [1.165, 1.54) is 0 Å². The van der Waals surface area contributed by atoms with E-state index in [-0.39, 0.29) is 13.0 Å². The van der Waals surface area contributed by atoms with E-state index in [0.29, 0.717) is 0 Å². The van der Waals surface area contributed by atoms with Crippen LogP contribution in [0, 0.1) is 7.11 Å². The van der Waals surface area contributed by atoms with E-state index in [4.69, 9.17) is 0 Å². The number of halogens is 2. The maximum Gasteiger partial charge on any atom is 0.266 e. The van der Waals surface area contributed by atoms with Crippen LogP contribution in [0.25, 0.3) is 0 Å². The Morgan fingerprint density at radius 2 is 2.25 bits per heavy atom. The van der Waals surface area contributed by atoms with Gasteiger partial charge >= 0.3 is 0 Å². The summed E-state index contributed by atoms with van der Waals surface area (Å²) in [4.78, 5) is 0. The molecule has 0 aliphatic heterocycles. The predicted octanol–water partition coefficient (Wildman–Crippen LogP) is 1.97. The van der Waals surface area contributed by atoms with Crippen LogP contribution in [0.3, 0.4) is 0 Å². The molecule has 1 nitrogen and oxygen atoms in total. The third-order valence-electron chi connectivity index (χ3n) is 0.561. The standard InChI is InChI=1S/C5H7F2O/c1-8-4-2-3-5(6)7/h3H,1-2,4H2. The van der Waals surface area contributed by atoms with Crippen LogP contribution in [-0.2, 0) is 4.74 Å². The van der Waals surface area contributed by atoms with Gasteiger partial charge in [0.2, 0.25) is 0 Å². The van der Waals surface area contributed by atoms with Crippen molar-refractivity contribution in [1.82, 2.24) is 0 Å². The van der Waals surface area contributed by atoms with Gasteiger partial charge in [-0.2, -0.15) is 8.78 Å². The molecule has 0 rings (SSSR count). The summed E-state index contributed by atoms with van der Waals surface area (Å²) in [6.45, 7) is 0.247. The van der Waals surface area contributed by atoms with Crippen molar-refractivity contribution in [2.24, 2.45) is 0 Å². The van der Waals surface area contributed by atoms with Gasteiger partial charge in [0.05, 0.1) is 13.7 Å². The van der Waals surface area contributed by atoms with Crippen molar-refractivity contribution in [2.45, 2.75) is 6.42 Å². The van der Waals surface area contributed by atoms with E-state index < -0.39 is 6.08 Å². The van der Waals surface area contributed by atoms with Gasteiger partial charge in [-0.3, -0.25) is 0 Å². The van der Waals surface area contributed by atoms with E-state index >= 15 is 0 Å². The highest BCUT2D eigenvalue weighted by Crippen LogP contribution is 1.97. The maximum atomic E-state index is 11.1. The molecule has 0 amide bonds. The monoisotopic (exact) mass is 121 g/mol. The summed E-state index contributed by atoms with van der Waals surface area (Å²) in [5.74, 6) is 0. The number of hydrogen-bond acceptors (Lipinski definition) is 1. The SMILES string of the molecule is [CH2]OCCC=C(F)F. The molecule has 0 spiro atoms. The van der Waals surface area contributed by atoms with Crippen molar-refractivity contribution in [3.63, 3.8) is 0 Å². The highest BCUT2D eigenvalue weighted by Gasteiger charge is 1.84. The molecule has 0 N–H and O–H groups in total. The summed E-state index contributed by atoms with van der Waals surface area (Å²) in [6.07, 6.45) is -0.640. The zero-order valence-corrected chi connectivity index (χ0v) is 4.36. The molecule has 0 heterocycles. The molecule has 0 aliphatic rings. The second kappa shape index (κ2) is 4.71. The summed E-state index contributed by atoms with van der Waals surface area (Å²) >= 11 is 0. The predicted molar refractivity (Wildman–Crippen MR) is 26.2 cm³/mol. The average Bonchev–Trinajstić information content (AvgIpc) is 1.66. The van der Waals surface area contributed by atoms with Crippen LogP contribution >= 0.6 is 0 Å². The first kappa shape index (κ1) is 7.56. The molecule has 3 heteroatoms. The molecule has 0 saturated heterocycles. The lowest BCUT2D eigenvalue weighted by Gasteiger charge is -1.87. The topological polar surface area (TPSA) is 9.23 Å². The molecule has 0 unspecified atom stereocenters. The Bertz CT molecular complexity index is 76.5. The summed E-state index contributed by atoms with van der Waals surface area (Å²) < 4.78 is 26.6. The molecular formula is C5H7F2O. The Morgan fingerprint density at radius 1 is 1.62 bits per heavy atom. The highest BCUT2D eigenvalue weighted by atomic mass is 19.3. The largest absolute Gasteiger partial charge is 0.379 e. The molecule has 8 heavy (non-hydrogen) atoms. The number of hydrogen-bond donors (Lipinski definition) is 0. The second-order valence-electron chi connectivity index (χ2n) is 1.19. The fourth-order valence-corrected chi connectivity index (χ4v) is 0.251. The molecule has 1 radical (unpaired) electrons. The lowest BCUT2D eigenvalue weighted by molar-refractivity contribution is 0.246. The van der Waals surface area contributed by atoms with Gasteiger partial charge in [0.15, 0.2) is 0 Å². The van der Waals surface area contributed by atoms with Crippen LogP contribution in [0.15, 0.2) is 12.2 Å². The van der Waals surface area contributed by atoms with Crippen LogP contribution < -0.4 is 0 Å². The first-order valence-electron chi connectivity index (χ1n) is 2.15. The Labute approximate surface area is 47.0 Å². The van der Waals surface area contributed by atoms with Crippen LogP contribution in [0.4, 0.5) is 8.78 Å². The van der Waals surface area contributed by atoms with Gasteiger partial charge in [-0.15, -0.1) is 0 Å². The van der Waals surface area contributed by atoms with Gasteiger partial charge in [0, 0.05) is 0 Å². The Morgan fingerprint density at radius 3 is 2.62 bits per heavy atom. The van der Waals surface area contributed by atoms with Gasteiger partial charge < -0.3 is 4.74 Å². The van der Waals surface area contributed by atoms with Gasteiger partial charge in [-0.05, 0) is 12.5 Å². The molecule has 0 aromatic rings. The quantitative estimate of drug-likeness (QED) is 0.518. The molecule has 0 aromatic carbocycles. The second-order valence-corrected chi connectivity index (χ2v) is 1.19. The van der Waals surface area contributed by atoms with E-state index in [0.717, 1.165) is 6.08 Å². The normalized spacial score (nSPS) is 8.88. The van der Waals surface area contributed by atoms with Crippen molar-refractivity contribution in [3.8, 4) is 0 Å². The lowest BCUT2D eigenvalue weighted by Crippen LogP contribution is -1.81. The highest BCUT2D eigenvalue weighted by molar-refractivity contribution is 4.79. The molecule has 0 atom stereocenters. The third kappa shape index (κ3) is 5.56. The number of ether oxygens (including phenoxy) is 1. The van der Waals surface area contributed by atoms with Gasteiger partial charge in [0.1, 0.15) is 0 Å². The Hall–Kier alpha value is -0.440. The van der Waals surface area contributed by atoms with Crippen molar-refractivity contribution >= 4 is 0 Å². The number of rotatable bonds is 3. The van der Waals surface area contributed by atoms with Crippen molar-refractivity contribution in [2.75, 3.05) is 6.61 Å². The van der Waals surface area contributed by atoms with Crippen molar-refractivity contribution < 1.29 is 13.5 Å². The maximum absolute atomic E-state index is 11.1. The zero-order valence-electron chi connectivity index (χ0n) is 4.36. The average molecular weight is 121 g/mol. The lowest BCUT2D eigenvalue weighted by atomic mass is 10.4. The summed E-state index contributed by atoms with van der Waals surface area (Å²) in [7, 11) is 3.01. The zero-order chi connectivity index (χ0) is 6.41. The first-order valence-corrected chi connectivity index (χ1v) is 2.15. The Balaban J connectivity index is 3.03. The summed E-state index contributed by atoms with van der Waals surface area (Å²) in [5, 5.41) is 0. The van der Waals surface area contributed by atoms with Crippen molar-refractivity contribution in [3.05, 3.63) is 19.3 Å². The molecule has 0 bridgehead atoms. The molecule has 0 aromatic heterocycles. The minimum absolute atomic E-state index is 0.228. The molecule has 0 aliphatic carbocycles. The van der Waals surface area contributed by atoms with E-state index in [1.54, 1.807) is 0 Å². The smallest absolute Gasteiger partial charge is 0.266 e. The minimum atomic E-state index is -1.66. The first-order chi connectivity index (χ1) is 3.77. The van der Waals surface area contributed by atoms with E-state index in [2.05, 4.69) is 11.8 Å².